The lowest BCUT2D eigenvalue weighted by atomic mass is 10.0. The molecule has 1 aromatic carbocycles. The molecule has 0 aliphatic carbocycles. The molecule has 0 aliphatic rings. The summed E-state index contributed by atoms with van der Waals surface area (Å²) in [6.45, 7) is 4.15. The first-order valence-corrected chi connectivity index (χ1v) is 5.49. The topological polar surface area (TPSA) is 17.1 Å². The molecule has 0 atom stereocenters. The summed E-state index contributed by atoms with van der Waals surface area (Å²) in [5.41, 5.74) is 3.52. The number of unbranched alkanes of at least 4 members (excludes halogenated alkanes) is 1. The Hall–Kier alpha value is -1.37. The molecule has 0 amide bonds. The third-order valence-electron chi connectivity index (χ3n) is 2.55. The van der Waals surface area contributed by atoms with Crippen LogP contribution >= 0.6 is 0 Å². The molecule has 0 bridgehead atoms. The Morgan fingerprint density at radius 3 is 2.47 bits per heavy atom. The van der Waals surface area contributed by atoms with Crippen LogP contribution in [0.4, 0.5) is 0 Å². The van der Waals surface area contributed by atoms with E-state index >= 15 is 0 Å². The van der Waals surface area contributed by atoms with Gasteiger partial charge < -0.3 is 0 Å². The molecule has 0 heterocycles. The van der Waals surface area contributed by atoms with Crippen LogP contribution in [-0.4, -0.2) is 6.29 Å². The van der Waals surface area contributed by atoms with Crippen molar-refractivity contribution in [3.63, 3.8) is 0 Å². The van der Waals surface area contributed by atoms with Crippen molar-refractivity contribution in [1.82, 2.24) is 0 Å². The number of allylic oxidation sites excluding steroid dienone is 2. The van der Waals surface area contributed by atoms with Crippen LogP contribution in [0.5, 0.6) is 0 Å². The van der Waals surface area contributed by atoms with E-state index in [1.807, 2.05) is 6.92 Å². The Balaban J connectivity index is 2.71. The van der Waals surface area contributed by atoms with E-state index in [4.69, 9.17) is 0 Å². The molecule has 0 spiro atoms. The zero-order valence-electron chi connectivity index (χ0n) is 9.49. The summed E-state index contributed by atoms with van der Waals surface area (Å²) >= 11 is 0. The first-order valence-electron chi connectivity index (χ1n) is 5.49. The molecule has 80 valence electrons. The Kier molecular flexibility index (Phi) is 4.82. The van der Waals surface area contributed by atoms with Gasteiger partial charge in [-0.05, 0) is 42.5 Å². The summed E-state index contributed by atoms with van der Waals surface area (Å²) in [5, 5.41) is 0. The van der Waals surface area contributed by atoms with Gasteiger partial charge in [0.1, 0.15) is 6.29 Å². The van der Waals surface area contributed by atoms with Crippen molar-refractivity contribution >= 4 is 11.9 Å². The second kappa shape index (κ2) is 6.18. The summed E-state index contributed by atoms with van der Waals surface area (Å²) in [6.07, 6.45) is 6.04. The van der Waals surface area contributed by atoms with Crippen LogP contribution in [-0.2, 0) is 11.2 Å². The normalized spacial score (nSPS) is 11.5. The van der Waals surface area contributed by atoms with Gasteiger partial charge in [0.05, 0.1) is 0 Å². The van der Waals surface area contributed by atoms with Gasteiger partial charge >= 0.3 is 0 Å². The molecule has 0 unspecified atom stereocenters. The fourth-order valence-electron chi connectivity index (χ4n) is 1.51. The summed E-state index contributed by atoms with van der Waals surface area (Å²) in [4.78, 5) is 10.3. The van der Waals surface area contributed by atoms with Gasteiger partial charge in [-0.25, -0.2) is 0 Å². The van der Waals surface area contributed by atoms with Crippen molar-refractivity contribution < 1.29 is 4.79 Å². The molecule has 0 saturated heterocycles. The lowest BCUT2D eigenvalue weighted by Crippen LogP contribution is -1.86. The number of hydrogen-bond donors (Lipinski definition) is 0. The van der Waals surface area contributed by atoms with E-state index in [2.05, 4.69) is 31.2 Å². The van der Waals surface area contributed by atoms with Crippen molar-refractivity contribution in [1.29, 1.82) is 0 Å². The molecule has 0 N–H and O–H groups in total. The molecule has 0 fully saturated rings. The maximum Gasteiger partial charge on any atom is 0.143 e. The van der Waals surface area contributed by atoms with Crippen LogP contribution in [0.25, 0.3) is 5.57 Å². The number of aldehydes is 1. The highest BCUT2D eigenvalue weighted by molar-refractivity contribution is 5.80. The highest BCUT2D eigenvalue weighted by Gasteiger charge is 1.96. The Labute approximate surface area is 91.8 Å². The first-order chi connectivity index (χ1) is 7.27. The predicted octanol–water partition coefficient (Wildman–Crippen LogP) is 3.63. The van der Waals surface area contributed by atoms with E-state index in [1.54, 1.807) is 6.08 Å². The van der Waals surface area contributed by atoms with Crippen LogP contribution in [0.3, 0.4) is 0 Å². The number of aryl methyl sites for hydroxylation is 1. The van der Waals surface area contributed by atoms with E-state index in [9.17, 15) is 4.79 Å². The van der Waals surface area contributed by atoms with Gasteiger partial charge in [-0.15, -0.1) is 0 Å². The molecule has 1 heteroatoms. The lowest BCUT2D eigenvalue weighted by Gasteiger charge is -2.03. The SMILES string of the molecule is CCCCc1ccc(C(C)=CC=O)cc1. The second-order valence-corrected chi connectivity index (χ2v) is 3.79. The van der Waals surface area contributed by atoms with Crippen molar-refractivity contribution in [3.05, 3.63) is 41.5 Å². The molecule has 1 rings (SSSR count). The Bertz CT molecular complexity index is 333. The van der Waals surface area contributed by atoms with Crippen LogP contribution in [0.1, 0.15) is 37.8 Å². The van der Waals surface area contributed by atoms with Crippen LogP contribution in [0.2, 0.25) is 0 Å². The van der Waals surface area contributed by atoms with Crippen molar-refractivity contribution in [2.45, 2.75) is 33.1 Å². The maximum absolute atomic E-state index is 10.3. The lowest BCUT2D eigenvalue weighted by molar-refractivity contribution is -0.104. The number of carbonyl (C=O) groups excluding carboxylic acids is 1. The third kappa shape index (κ3) is 3.70. The summed E-state index contributed by atoms with van der Waals surface area (Å²) < 4.78 is 0. The monoisotopic (exact) mass is 202 g/mol. The molecule has 1 aromatic rings. The molecular formula is C14H18O. The zero-order valence-corrected chi connectivity index (χ0v) is 9.49. The smallest absolute Gasteiger partial charge is 0.143 e. The van der Waals surface area contributed by atoms with Gasteiger partial charge in [-0.1, -0.05) is 37.6 Å². The second-order valence-electron chi connectivity index (χ2n) is 3.79. The van der Waals surface area contributed by atoms with E-state index in [0.717, 1.165) is 23.8 Å². The minimum atomic E-state index is 0.834. The summed E-state index contributed by atoms with van der Waals surface area (Å²) in [7, 11) is 0. The molecule has 1 nitrogen and oxygen atoms in total. The van der Waals surface area contributed by atoms with E-state index in [1.165, 1.54) is 18.4 Å². The fourth-order valence-corrected chi connectivity index (χ4v) is 1.51. The number of hydrogen-bond acceptors (Lipinski definition) is 1. The molecule has 0 aliphatic heterocycles. The van der Waals surface area contributed by atoms with Gasteiger partial charge in [-0.3, -0.25) is 4.79 Å². The van der Waals surface area contributed by atoms with Gasteiger partial charge in [0.25, 0.3) is 0 Å². The van der Waals surface area contributed by atoms with E-state index in [-0.39, 0.29) is 0 Å². The average molecular weight is 202 g/mol. The van der Waals surface area contributed by atoms with Gasteiger partial charge in [0.2, 0.25) is 0 Å². The van der Waals surface area contributed by atoms with Gasteiger partial charge in [0, 0.05) is 0 Å². The quantitative estimate of drug-likeness (QED) is 0.526. The first kappa shape index (κ1) is 11.7. The zero-order chi connectivity index (χ0) is 11.1. The van der Waals surface area contributed by atoms with Crippen LogP contribution in [0.15, 0.2) is 30.3 Å². The Morgan fingerprint density at radius 2 is 1.93 bits per heavy atom. The molecule has 0 radical (unpaired) electrons. The maximum atomic E-state index is 10.3. The van der Waals surface area contributed by atoms with Crippen LogP contribution < -0.4 is 0 Å². The number of rotatable bonds is 5. The average Bonchev–Trinajstić information content (AvgIpc) is 2.27. The largest absolute Gasteiger partial charge is 0.299 e. The van der Waals surface area contributed by atoms with Crippen molar-refractivity contribution in [2.24, 2.45) is 0 Å². The van der Waals surface area contributed by atoms with Crippen molar-refractivity contribution in [2.75, 3.05) is 0 Å². The number of benzene rings is 1. The summed E-state index contributed by atoms with van der Waals surface area (Å²) in [5.74, 6) is 0. The Morgan fingerprint density at radius 1 is 1.27 bits per heavy atom. The molecular weight excluding hydrogens is 184 g/mol. The predicted molar refractivity (Wildman–Crippen MR) is 64.8 cm³/mol. The molecule has 0 saturated carbocycles. The minimum Gasteiger partial charge on any atom is -0.299 e. The van der Waals surface area contributed by atoms with E-state index in [0.29, 0.717) is 0 Å². The van der Waals surface area contributed by atoms with Gasteiger partial charge in [-0.2, -0.15) is 0 Å². The molecule has 0 aromatic heterocycles. The standard InChI is InChI=1S/C14H18O/c1-3-4-5-13-6-8-14(9-7-13)12(2)10-11-15/h6-11H,3-5H2,1-2H3. The van der Waals surface area contributed by atoms with Crippen molar-refractivity contribution in [3.8, 4) is 0 Å². The molecule has 15 heavy (non-hydrogen) atoms. The summed E-state index contributed by atoms with van der Waals surface area (Å²) in [6, 6.07) is 8.46. The fraction of sp³-hybridized carbons (Fsp3) is 0.357. The van der Waals surface area contributed by atoms with E-state index < -0.39 is 0 Å². The highest BCUT2D eigenvalue weighted by Crippen LogP contribution is 2.15. The van der Waals surface area contributed by atoms with Gasteiger partial charge in [0.15, 0.2) is 0 Å². The third-order valence-corrected chi connectivity index (χ3v) is 2.55. The van der Waals surface area contributed by atoms with Crippen LogP contribution in [0, 0.1) is 0 Å². The highest BCUT2D eigenvalue weighted by atomic mass is 16.1. The minimum absolute atomic E-state index is 0.834. The number of carbonyl (C=O) groups is 1.